The molecule has 0 bridgehead atoms. The number of rotatable bonds is 5. The second-order valence-electron chi connectivity index (χ2n) is 7.67. The molecule has 0 aliphatic carbocycles. The number of benzene rings is 3. The van der Waals surface area contributed by atoms with Gasteiger partial charge >= 0.3 is 0 Å². The van der Waals surface area contributed by atoms with E-state index in [1.807, 2.05) is 13.0 Å². The van der Waals surface area contributed by atoms with Crippen molar-refractivity contribution in [3.63, 3.8) is 0 Å². The lowest BCUT2D eigenvalue weighted by Gasteiger charge is -2.26. The Morgan fingerprint density at radius 1 is 0.939 bits per heavy atom. The highest BCUT2D eigenvalue weighted by Gasteiger charge is 2.47. The van der Waals surface area contributed by atoms with Crippen molar-refractivity contribution in [2.24, 2.45) is 0 Å². The van der Waals surface area contributed by atoms with E-state index in [-0.39, 0.29) is 16.9 Å². The molecule has 3 aromatic carbocycles. The molecule has 1 amide bonds. The molecule has 1 aliphatic rings. The fraction of sp³-hybridized carbons (Fsp3) is 0.154. The van der Waals surface area contributed by atoms with Gasteiger partial charge in [-0.05, 0) is 60.5 Å². The lowest BCUT2D eigenvalue weighted by atomic mass is 9.94. The highest BCUT2D eigenvalue weighted by atomic mass is 16.5. The van der Waals surface area contributed by atoms with Crippen molar-refractivity contribution in [3.8, 4) is 17.2 Å². The first-order chi connectivity index (χ1) is 15.8. The maximum atomic E-state index is 13.3. The zero-order chi connectivity index (χ0) is 23.7. The van der Waals surface area contributed by atoms with E-state index in [9.17, 15) is 19.8 Å². The predicted molar refractivity (Wildman–Crippen MR) is 124 cm³/mol. The number of ether oxygens (including phenoxy) is 2. The average Bonchev–Trinajstić information content (AvgIpc) is 3.08. The van der Waals surface area contributed by atoms with Crippen molar-refractivity contribution >= 4 is 23.1 Å². The van der Waals surface area contributed by atoms with Crippen LogP contribution in [0, 0.1) is 6.92 Å². The minimum Gasteiger partial charge on any atom is -0.508 e. The molecule has 3 aromatic rings. The zero-order valence-corrected chi connectivity index (χ0v) is 18.4. The summed E-state index contributed by atoms with van der Waals surface area (Å²) in [7, 11) is 2.92. The monoisotopic (exact) mass is 445 g/mol. The third kappa shape index (κ3) is 3.89. The fourth-order valence-corrected chi connectivity index (χ4v) is 4.03. The van der Waals surface area contributed by atoms with Gasteiger partial charge in [0.25, 0.3) is 11.7 Å². The van der Waals surface area contributed by atoms with E-state index in [2.05, 4.69) is 0 Å². The molecular formula is C26H23NO6. The normalized spacial score (nSPS) is 17.3. The Morgan fingerprint density at radius 3 is 2.36 bits per heavy atom. The van der Waals surface area contributed by atoms with E-state index in [1.54, 1.807) is 42.5 Å². The number of aliphatic hydroxyl groups excluding tert-OH is 1. The molecule has 7 nitrogen and oxygen atoms in total. The second-order valence-corrected chi connectivity index (χ2v) is 7.67. The summed E-state index contributed by atoms with van der Waals surface area (Å²) in [5.41, 5.74) is 1.97. The van der Waals surface area contributed by atoms with Gasteiger partial charge in [0, 0.05) is 5.69 Å². The number of Topliss-reactive ketones (excluding diaryl/α,β-unsaturated/α-hetero) is 1. The Bertz CT molecular complexity index is 1280. The van der Waals surface area contributed by atoms with Gasteiger partial charge in [0.1, 0.15) is 23.0 Å². The van der Waals surface area contributed by atoms with Crippen LogP contribution in [0.4, 0.5) is 5.69 Å². The maximum absolute atomic E-state index is 13.3. The topological polar surface area (TPSA) is 96.3 Å². The number of carbonyl (C=O) groups excluding carboxylic acids is 2. The Morgan fingerprint density at radius 2 is 1.70 bits per heavy atom. The van der Waals surface area contributed by atoms with Crippen LogP contribution in [0.3, 0.4) is 0 Å². The number of carbonyl (C=O) groups is 2. The van der Waals surface area contributed by atoms with Crippen molar-refractivity contribution < 1.29 is 29.3 Å². The van der Waals surface area contributed by atoms with E-state index < -0.39 is 23.5 Å². The summed E-state index contributed by atoms with van der Waals surface area (Å²) in [6.45, 7) is 1.88. The number of aliphatic hydroxyl groups is 1. The first kappa shape index (κ1) is 22.0. The number of phenolic OH excluding ortho intramolecular Hbond substituents is 1. The van der Waals surface area contributed by atoms with Gasteiger partial charge in [-0.1, -0.05) is 24.3 Å². The van der Waals surface area contributed by atoms with Crippen molar-refractivity contribution in [2.45, 2.75) is 13.0 Å². The summed E-state index contributed by atoms with van der Waals surface area (Å²) < 4.78 is 10.6. The van der Waals surface area contributed by atoms with Crippen molar-refractivity contribution in [3.05, 3.63) is 89.0 Å². The van der Waals surface area contributed by atoms with Crippen LogP contribution in [0.1, 0.15) is 22.7 Å². The highest BCUT2D eigenvalue weighted by Crippen LogP contribution is 2.44. The zero-order valence-electron chi connectivity index (χ0n) is 18.4. The summed E-state index contributed by atoms with van der Waals surface area (Å²) in [4.78, 5) is 27.8. The van der Waals surface area contributed by atoms with Gasteiger partial charge in [0.15, 0.2) is 0 Å². The number of aromatic hydroxyl groups is 1. The SMILES string of the molecule is COc1ccc(OC)c(/C(O)=C2\C(=O)C(=O)N(c3cccc(C)c3)C2c2cccc(O)c2)c1. The fourth-order valence-electron chi connectivity index (χ4n) is 4.03. The Kier molecular flexibility index (Phi) is 5.79. The number of amides is 1. The molecule has 1 heterocycles. The number of phenols is 1. The summed E-state index contributed by atoms with van der Waals surface area (Å²) in [5, 5.41) is 21.4. The molecule has 0 saturated carbocycles. The average molecular weight is 445 g/mol. The molecule has 1 fully saturated rings. The lowest BCUT2D eigenvalue weighted by Crippen LogP contribution is -2.29. The van der Waals surface area contributed by atoms with Gasteiger partial charge < -0.3 is 19.7 Å². The van der Waals surface area contributed by atoms with Crippen molar-refractivity contribution in [1.82, 2.24) is 0 Å². The Labute approximate surface area is 191 Å². The third-order valence-electron chi connectivity index (χ3n) is 5.57. The molecule has 1 unspecified atom stereocenters. The first-order valence-electron chi connectivity index (χ1n) is 10.2. The van der Waals surface area contributed by atoms with Crippen molar-refractivity contribution in [1.29, 1.82) is 0 Å². The maximum Gasteiger partial charge on any atom is 0.300 e. The molecule has 1 aliphatic heterocycles. The molecule has 0 aromatic heterocycles. The number of hydrogen-bond donors (Lipinski definition) is 2. The van der Waals surface area contributed by atoms with Crippen LogP contribution in [-0.2, 0) is 9.59 Å². The van der Waals surface area contributed by atoms with Crippen LogP contribution >= 0.6 is 0 Å². The molecule has 33 heavy (non-hydrogen) atoms. The lowest BCUT2D eigenvalue weighted by molar-refractivity contribution is -0.132. The number of hydrogen-bond acceptors (Lipinski definition) is 6. The molecular weight excluding hydrogens is 422 g/mol. The minimum atomic E-state index is -0.963. The van der Waals surface area contributed by atoms with Gasteiger partial charge in [-0.15, -0.1) is 0 Å². The van der Waals surface area contributed by atoms with Gasteiger partial charge in [0.2, 0.25) is 0 Å². The molecule has 1 atom stereocenters. The van der Waals surface area contributed by atoms with Crippen LogP contribution in [0.2, 0.25) is 0 Å². The highest BCUT2D eigenvalue weighted by molar-refractivity contribution is 6.51. The molecule has 7 heteroatoms. The van der Waals surface area contributed by atoms with Gasteiger partial charge in [0.05, 0.1) is 31.4 Å². The van der Waals surface area contributed by atoms with Gasteiger partial charge in [-0.3, -0.25) is 14.5 Å². The molecule has 168 valence electrons. The number of nitrogens with zero attached hydrogens (tertiary/aromatic N) is 1. The van der Waals surface area contributed by atoms with Crippen LogP contribution in [0.5, 0.6) is 17.2 Å². The van der Waals surface area contributed by atoms with Crippen LogP contribution in [-0.4, -0.2) is 36.1 Å². The largest absolute Gasteiger partial charge is 0.508 e. The van der Waals surface area contributed by atoms with Gasteiger partial charge in [-0.25, -0.2) is 0 Å². The standard InChI is InChI=1S/C26H23NO6/c1-15-6-4-8-17(12-15)27-23(16-7-5-9-18(28)13-16)22(25(30)26(27)31)24(29)20-14-19(32-2)10-11-21(20)33-3/h4-14,23,28-29H,1-3H3/b24-22+. The number of methoxy groups -OCH3 is 2. The van der Waals surface area contributed by atoms with Crippen LogP contribution in [0.15, 0.2) is 72.3 Å². The number of aryl methyl sites for hydroxylation is 1. The van der Waals surface area contributed by atoms with Gasteiger partial charge in [-0.2, -0.15) is 0 Å². The van der Waals surface area contributed by atoms with E-state index in [0.29, 0.717) is 22.7 Å². The van der Waals surface area contributed by atoms with Crippen LogP contribution < -0.4 is 14.4 Å². The summed E-state index contributed by atoms with van der Waals surface area (Å²) in [5.74, 6) is -1.29. The summed E-state index contributed by atoms with van der Waals surface area (Å²) in [6.07, 6.45) is 0. The first-order valence-corrected chi connectivity index (χ1v) is 10.2. The van der Waals surface area contributed by atoms with E-state index in [0.717, 1.165) is 5.56 Å². The van der Waals surface area contributed by atoms with Crippen LogP contribution in [0.25, 0.3) is 5.76 Å². The third-order valence-corrected chi connectivity index (χ3v) is 5.57. The number of anilines is 1. The molecule has 1 saturated heterocycles. The molecule has 0 radical (unpaired) electrons. The molecule has 4 rings (SSSR count). The molecule has 0 spiro atoms. The van der Waals surface area contributed by atoms with E-state index in [1.165, 1.54) is 37.3 Å². The van der Waals surface area contributed by atoms with E-state index in [4.69, 9.17) is 9.47 Å². The quantitative estimate of drug-likeness (QED) is 0.345. The molecule has 2 N–H and O–H groups in total. The van der Waals surface area contributed by atoms with Crippen molar-refractivity contribution in [2.75, 3.05) is 19.1 Å². The Balaban J connectivity index is 2.00. The summed E-state index contributed by atoms with van der Waals surface area (Å²) in [6, 6.07) is 17.3. The Hall–Kier alpha value is -4.26. The smallest absolute Gasteiger partial charge is 0.300 e. The minimum absolute atomic E-state index is 0.0266. The summed E-state index contributed by atoms with van der Waals surface area (Å²) >= 11 is 0. The van der Waals surface area contributed by atoms with E-state index >= 15 is 0 Å². The number of ketones is 1. The predicted octanol–water partition coefficient (Wildman–Crippen LogP) is 4.34. The second kappa shape index (κ2) is 8.70.